The van der Waals surface area contributed by atoms with Gasteiger partial charge in [-0.1, -0.05) is 5.16 Å². The molecule has 1 fully saturated rings. The number of nitrogens with zero attached hydrogens (tertiary/aromatic N) is 7. The van der Waals surface area contributed by atoms with Gasteiger partial charge in [-0.3, -0.25) is 14.4 Å². The van der Waals surface area contributed by atoms with Crippen LogP contribution in [0.4, 0.5) is 5.13 Å². The first-order valence-corrected chi connectivity index (χ1v) is 13.5. The molecule has 0 saturated carbocycles. The smallest absolute Gasteiger partial charge is 0.731 e. The van der Waals surface area contributed by atoms with Crippen molar-refractivity contribution in [3.8, 4) is 0 Å². The maximum Gasteiger partial charge on any atom is 1.00 e. The number of aliphatic carboxylic acids is 1. The number of carboxylic acids is 1. The molecule has 19 nitrogen and oxygen atoms in total. The number of oxime groups is 1. The number of esters is 1. The van der Waals surface area contributed by atoms with Crippen molar-refractivity contribution < 1.29 is 106 Å². The summed E-state index contributed by atoms with van der Waals surface area (Å²) in [6.45, 7) is 3.16. The molecule has 0 aliphatic carbocycles. The minimum absolute atomic E-state index is 0. The van der Waals surface area contributed by atoms with Crippen molar-refractivity contribution in [2.24, 2.45) is 12.2 Å². The summed E-state index contributed by atoms with van der Waals surface area (Å²) in [5.74, 6) is -5.15. The number of carboxylic acid groups (broad SMARTS) is 1. The van der Waals surface area contributed by atoms with Crippen molar-refractivity contribution in [2.45, 2.75) is 49.0 Å². The molecule has 0 spiro atoms. The number of aromatic nitrogens is 5. The molecule has 1 aliphatic rings. The van der Waals surface area contributed by atoms with Gasteiger partial charge in [0.2, 0.25) is 5.16 Å². The molecule has 2 aromatic rings. The third-order valence-corrected chi connectivity index (χ3v) is 7.57. The monoisotopic (exact) mass is 651 g/mol. The standard InChI is InChI=1S/C17H21N9O10S3.2Na/c1-6(27)35-13(38-16-21-23-24-25(16)4)10-9(12(29)26(10)39(32,33)34)20-11(28)8(7-5-37-15(18)19-7)22-36-17(2,3)14(30)31;;/h5,9-10,13H,1-4H3,(H2,18,19)(H,20,28)(H,30,31)(H,32,33,34);;/q;2*+1/p-2/t9-,10-,13?;;/m1../s1. The van der Waals surface area contributed by atoms with Crippen LogP contribution in [0, 0.1) is 0 Å². The number of nitrogens with one attached hydrogen (secondary N) is 1. The number of carbonyl (C=O) groups is 4. The number of hydrogen-bond donors (Lipinski definition) is 2. The molecule has 1 unspecified atom stereocenters. The molecule has 0 aromatic carbocycles. The van der Waals surface area contributed by atoms with E-state index >= 15 is 0 Å². The van der Waals surface area contributed by atoms with E-state index in [9.17, 15) is 37.3 Å². The number of carbonyl (C=O) groups excluding carboxylic acids is 4. The van der Waals surface area contributed by atoms with Gasteiger partial charge in [-0.25, -0.2) is 22.4 Å². The van der Waals surface area contributed by atoms with Crippen LogP contribution in [0.25, 0.3) is 0 Å². The SMILES string of the molecule is CC(=O)OC(Sc1nnnn1C)[C@H]1[C@@H](NC(=O)C(=NOC(C)(C)C(=O)[O-])c2csc(N)n2)C(=O)N1S(=O)(=O)[O-].[Na+].[Na+]. The van der Waals surface area contributed by atoms with Crippen LogP contribution in [-0.2, 0) is 46.1 Å². The summed E-state index contributed by atoms with van der Waals surface area (Å²) in [6, 6.07) is -3.51. The topological polar surface area (TPSA) is 277 Å². The first kappa shape index (κ1) is 37.1. The summed E-state index contributed by atoms with van der Waals surface area (Å²) in [6.07, 6.45) is 0. The Morgan fingerprint density at radius 1 is 1.32 bits per heavy atom. The maximum atomic E-state index is 13.2. The van der Waals surface area contributed by atoms with Crippen LogP contribution in [0.5, 0.6) is 0 Å². The Labute approximate surface area is 284 Å². The van der Waals surface area contributed by atoms with E-state index in [2.05, 4.69) is 31.0 Å². The number of thioether (sulfide) groups is 1. The van der Waals surface area contributed by atoms with E-state index in [-0.39, 0.29) is 79.4 Å². The number of aryl methyl sites for hydroxylation is 1. The quantitative estimate of drug-likeness (QED) is 0.0333. The Morgan fingerprint density at radius 2 is 1.95 bits per heavy atom. The van der Waals surface area contributed by atoms with Gasteiger partial charge in [0, 0.05) is 19.4 Å². The predicted octanol–water partition coefficient (Wildman–Crippen LogP) is -9.66. The zero-order chi connectivity index (χ0) is 29.3. The molecule has 2 amide bonds. The van der Waals surface area contributed by atoms with Gasteiger partial charge >= 0.3 is 65.1 Å². The molecule has 3 N–H and O–H groups in total. The Hall–Kier alpha value is -1.89. The molecule has 24 heteroatoms. The predicted molar refractivity (Wildman–Crippen MR) is 126 cm³/mol. The molecule has 3 atom stereocenters. The van der Waals surface area contributed by atoms with Crippen LogP contribution >= 0.6 is 23.1 Å². The van der Waals surface area contributed by atoms with Crippen LogP contribution in [0.3, 0.4) is 0 Å². The summed E-state index contributed by atoms with van der Waals surface area (Å²) in [4.78, 5) is 57.8. The van der Waals surface area contributed by atoms with E-state index in [1.807, 2.05) is 0 Å². The number of hydrogen-bond acceptors (Lipinski definition) is 18. The Bertz CT molecular complexity index is 1450. The number of rotatable bonds is 11. The van der Waals surface area contributed by atoms with E-state index < -0.39 is 62.9 Å². The van der Waals surface area contributed by atoms with Crippen LogP contribution in [0.1, 0.15) is 26.5 Å². The second-order valence-corrected chi connectivity index (χ2v) is 11.3. The average Bonchev–Trinajstić information content (AvgIpc) is 3.41. The van der Waals surface area contributed by atoms with Crippen LogP contribution < -0.4 is 75.3 Å². The van der Waals surface area contributed by atoms with Crippen molar-refractivity contribution in [1.82, 2.24) is 34.8 Å². The number of thiazole rings is 1. The van der Waals surface area contributed by atoms with Gasteiger partial charge in [0.15, 0.2) is 32.2 Å². The molecule has 212 valence electrons. The van der Waals surface area contributed by atoms with Gasteiger partial charge in [0.25, 0.3) is 11.8 Å². The number of anilines is 1. The molecule has 2 aromatic heterocycles. The van der Waals surface area contributed by atoms with Gasteiger partial charge in [0.1, 0.15) is 17.8 Å². The molecular formula is C17H19N9Na2O10S3. The Morgan fingerprint density at radius 3 is 2.41 bits per heavy atom. The zero-order valence-electron chi connectivity index (χ0n) is 22.3. The van der Waals surface area contributed by atoms with Crippen molar-refractivity contribution in [2.75, 3.05) is 5.73 Å². The second kappa shape index (κ2) is 14.5. The molecule has 41 heavy (non-hydrogen) atoms. The number of nitrogens with two attached hydrogens (primary N) is 1. The zero-order valence-corrected chi connectivity index (χ0v) is 28.8. The first-order chi connectivity index (χ1) is 18.0. The molecule has 0 radical (unpaired) electrons. The van der Waals surface area contributed by atoms with Gasteiger partial charge < -0.3 is 35.1 Å². The summed E-state index contributed by atoms with van der Waals surface area (Å²) >= 11 is 1.49. The summed E-state index contributed by atoms with van der Waals surface area (Å²) in [5.41, 5.74) is 1.17. The fourth-order valence-electron chi connectivity index (χ4n) is 2.92. The fraction of sp³-hybridized carbons (Fsp3) is 0.471. The van der Waals surface area contributed by atoms with Crippen LogP contribution in [-0.4, -0.2) is 95.1 Å². The Kier molecular flexibility index (Phi) is 13.2. The van der Waals surface area contributed by atoms with Gasteiger partial charge in [-0.15, -0.1) is 16.4 Å². The number of nitrogen functional groups attached to an aromatic ring is 1. The van der Waals surface area contributed by atoms with Gasteiger partial charge in [-0.05, 0) is 36.0 Å². The summed E-state index contributed by atoms with van der Waals surface area (Å²) < 4.78 is 41.8. The second-order valence-electron chi connectivity index (χ2n) is 8.11. The molecular weight excluding hydrogens is 632 g/mol. The van der Waals surface area contributed by atoms with Crippen LogP contribution in [0.2, 0.25) is 0 Å². The van der Waals surface area contributed by atoms with Gasteiger partial charge in [-0.2, -0.15) is 0 Å². The van der Waals surface area contributed by atoms with Crippen molar-refractivity contribution in [1.29, 1.82) is 0 Å². The third-order valence-electron chi connectivity index (χ3n) is 4.82. The molecule has 1 aliphatic heterocycles. The molecule has 3 heterocycles. The third kappa shape index (κ3) is 8.81. The van der Waals surface area contributed by atoms with E-state index in [0.717, 1.165) is 36.8 Å². The van der Waals surface area contributed by atoms with Crippen molar-refractivity contribution >= 4 is 68.0 Å². The number of ether oxygens (including phenoxy) is 1. The van der Waals surface area contributed by atoms with E-state index in [1.165, 1.54) is 12.4 Å². The summed E-state index contributed by atoms with van der Waals surface area (Å²) in [7, 11) is -4.03. The van der Waals surface area contributed by atoms with E-state index in [4.69, 9.17) is 15.3 Å². The van der Waals surface area contributed by atoms with Crippen LogP contribution in [0.15, 0.2) is 15.7 Å². The minimum atomic E-state index is -5.45. The number of β-lactam (4-membered cyclic amide) rings is 1. The summed E-state index contributed by atoms with van der Waals surface area (Å²) in [5, 5.41) is 28.9. The fourth-order valence-corrected chi connectivity index (χ4v) is 5.49. The molecule has 0 bridgehead atoms. The van der Waals surface area contributed by atoms with Crippen molar-refractivity contribution in [3.63, 3.8) is 0 Å². The largest absolute Gasteiger partial charge is 1.00 e. The normalized spacial score (nSPS) is 17.8. The van der Waals surface area contributed by atoms with E-state index in [1.54, 1.807) is 0 Å². The van der Waals surface area contributed by atoms with Gasteiger partial charge in [0.05, 0.1) is 5.97 Å². The van der Waals surface area contributed by atoms with E-state index in [0.29, 0.717) is 11.8 Å². The first-order valence-electron chi connectivity index (χ1n) is 10.4. The molecule has 3 rings (SSSR count). The maximum absolute atomic E-state index is 13.2. The average molecular weight is 652 g/mol. The van der Waals surface area contributed by atoms with Crippen molar-refractivity contribution in [3.05, 3.63) is 11.1 Å². The molecule has 1 saturated heterocycles. The minimum Gasteiger partial charge on any atom is -0.731 e. The number of tetrazole rings is 1. The number of amides is 2. The Balaban J connectivity index is 0.00000420.